The molecule has 1 rings (SSSR count). The zero-order valence-corrected chi connectivity index (χ0v) is 14.3. The van der Waals surface area contributed by atoms with Crippen molar-refractivity contribution in [1.29, 1.82) is 0 Å². The Morgan fingerprint density at radius 2 is 2.00 bits per heavy atom. The van der Waals surface area contributed by atoms with Crippen LogP contribution in [0.3, 0.4) is 0 Å². The minimum absolute atomic E-state index is 0.171. The normalized spacial score (nSPS) is 21.2. The van der Waals surface area contributed by atoms with Gasteiger partial charge in [0.1, 0.15) is 11.3 Å². The lowest BCUT2D eigenvalue weighted by atomic mass is 10.1. The van der Waals surface area contributed by atoms with Crippen molar-refractivity contribution >= 4 is 12.1 Å². The van der Waals surface area contributed by atoms with Crippen LogP contribution in [0.4, 0.5) is 4.79 Å². The highest BCUT2D eigenvalue weighted by molar-refractivity contribution is 5.81. The number of carbonyl (C=O) groups excluding carboxylic acids is 2. The zero-order valence-electron chi connectivity index (χ0n) is 14.3. The van der Waals surface area contributed by atoms with Crippen LogP contribution in [0.1, 0.15) is 48.0 Å². The number of esters is 1. The van der Waals surface area contributed by atoms with Gasteiger partial charge in [0.25, 0.3) is 0 Å². The summed E-state index contributed by atoms with van der Waals surface area (Å²) in [7, 11) is 0. The van der Waals surface area contributed by atoms with E-state index in [1.165, 1.54) is 6.08 Å². The maximum Gasteiger partial charge on any atom is 0.412 e. The average Bonchev–Trinajstić information content (AvgIpc) is 2.62. The molecule has 1 fully saturated rings. The van der Waals surface area contributed by atoms with Gasteiger partial charge in [-0.15, -0.1) is 0 Å². The van der Waals surface area contributed by atoms with E-state index in [4.69, 9.17) is 14.2 Å². The third-order valence-corrected chi connectivity index (χ3v) is 3.11. The molecule has 1 atom stereocenters. The van der Waals surface area contributed by atoms with Crippen molar-refractivity contribution in [2.75, 3.05) is 13.2 Å². The van der Waals surface area contributed by atoms with E-state index in [-0.39, 0.29) is 12.0 Å². The molecule has 0 aliphatic carbocycles. The second-order valence-corrected chi connectivity index (χ2v) is 6.65. The van der Waals surface area contributed by atoms with E-state index in [0.29, 0.717) is 19.6 Å². The zero-order chi connectivity index (χ0) is 17.0. The molecular weight excluding hydrogens is 286 g/mol. The average molecular weight is 313 g/mol. The molecule has 0 bridgehead atoms. The van der Waals surface area contributed by atoms with Crippen molar-refractivity contribution in [3.63, 3.8) is 0 Å². The predicted octanol–water partition coefficient (Wildman–Crippen LogP) is 2.87. The third kappa shape index (κ3) is 5.33. The van der Waals surface area contributed by atoms with Gasteiger partial charge in [0.15, 0.2) is 0 Å². The van der Waals surface area contributed by atoms with Gasteiger partial charge in [-0.1, -0.05) is 6.08 Å². The summed E-state index contributed by atoms with van der Waals surface area (Å²) in [6, 6.07) is -0.171. The molecule has 0 unspecified atom stereocenters. The fourth-order valence-corrected chi connectivity index (χ4v) is 2.25. The highest BCUT2D eigenvalue weighted by Crippen LogP contribution is 2.30. The fraction of sp³-hybridized carbons (Fsp3) is 0.750. The summed E-state index contributed by atoms with van der Waals surface area (Å²) < 4.78 is 16.0. The predicted molar refractivity (Wildman–Crippen MR) is 82.3 cm³/mol. The van der Waals surface area contributed by atoms with E-state index in [1.54, 1.807) is 17.9 Å². The lowest BCUT2D eigenvalue weighted by Crippen LogP contribution is -2.49. The number of hydrogen-bond donors (Lipinski definition) is 0. The van der Waals surface area contributed by atoms with Gasteiger partial charge in [-0.25, -0.2) is 9.59 Å². The summed E-state index contributed by atoms with van der Waals surface area (Å²) in [6.07, 6.45) is 3.17. The first-order chi connectivity index (χ1) is 10.1. The van der Waals surface area contributed by atoms with Crippen LogP contribution in [0, 0.1) is 0 Å². The Morgan fingerprint density at radius 3 is 2.55 bits per heavy atom. The molecule has 0 saturated carbocycles. The van der Waals surface area contributed by atoms with Crippen molar-refractivity contribution < 1.29 is 23.8 Å². The Labute approximate surface area is 132 Å². The molecule has 22 heavy (non-hydrogen) atoms. The quantitative estimate of drug-likeness (QED) is 0.590. The maximum absolute atomic E-state index is 12.4. The van der Waals surface area contributed by atoms with Crippen molar-refractivity contribution in [3.8, 4) is 0 Å². The summed E-state index contributed by atoms with van der Waals surface area (Å²) in [5, 5.41) is 0. The maximum atomic E-state index is 12.4. The smallest absolute Gasteiger partial charge is 0.412 e. The number of ether oxygens (including phenoxy) is 3. The molecule has 1 aliphatic rings. The third-order valence-electron chi connectivity index (χ3n) is 3.11. The summed E-state index contributed by atoms with van der Waals surface area (Å²) in [5.41, 5.74) is -1.30. The van der Waals surface area contributed by atoms with Gasteiger partial charge in [0.05, 0.1) is 19.3 Å². The molecule has 1 aliphatic heterocycles. The minimum atomic E-state index is -0.731. The molecule has 0 aromatic rings. The largest absolute Gasteiger partial charge is 0.463 e. The van der Waals surface area contributed by atoms with Crippen LogP contribution in [-0.2, 0) is 19.0 Å². The highest BCUT2D eigenvalue weighted by atomic mass is 16.6. The van der Waals surface area contributed by atoms with Crippen LogP contribution in [0.5, 0.6) is 0 Å². The summed E-state index contributed by atoms with van der Waals surface area (Å²) in [5.74, 6) is -0.385. The molecule has 0 spiro atoms. The minimum Gasteiger partial charge on any atom is -0.463 e. The van der Waals surface area contributed by atoms with Crippen LogP contribution in [0.2, 0.25) is 0 Å². The lowest BCUT2D eigenvalue weighted by Gasteiger charge is -2.34. The Kier molecular flexibility index (Phi) is 6.00. The number of nitrogens with zero attached hydrogens (tertiary/aromatic N) is 1. The molecule has 1 heterocycles. The number of carbonyl (C=O) groups is 2. The van der Waals surface area contributed by atoms with Gasteiger partial charge < -0.3 is 14.2 Å². The van der Waals surface area contributed by atoms with Crippen LogP contribution in [0.15, 0.2) is 12.2 Å². The first kappa shape index (κ1) is 18.5. The summed E-state index contributed by atoms with van der Waals surface area (Å²) in [4.78, 5) is 25.3. The van der Waals surface area contributed by atoms with Gasteiger partial charge in [-0.3, -0.25) is 4.90 Å². The SMILES string of the molecule is CCOC(=O)/C=C/C[C@@H]1COC(C)(C)N1C(=O)OC(C)(C)C. The Balaban J connectivity index is 2.73. The van der Waals surface area contributed by atoms with Gasteiger partial charge in [-0.05, 0) is 48.0 Å². The van der Waals surface area contributed by atoms with E-state index >= 15 is 0 Å². The lowest BCUT2D eigenvalue weighted by molar-refractivity contribution is -0.137. The van der Waals surface area contributed by atoms with E-state index < -0.39 is 17.4 Å². The molecule has 0 aromatic heterocycles. The monoisotopic (exact) mass is 313 g/mol. The van der Waals surface area contributed by atoms with Gasteiger partial charge >= 0.3 is 12.1 Å². The molecule has 0 N–H and O–H groups in total. The Hall–Kier alpha value is -1.56. The van der Waals surface area contributed by atoms with E-state index in [2.05, 4.69) is 0 Å². The number of hydrogen-bond acceptors (Lipinski definition) is 5. The Bertz CT molecular complexity index is 436. The first-order valence-corrected chi connectivity index (χ1v) is 7.56. The van der Waals surface area contributed by atoms with E-state index in [9.17, 15) is 9.59 Å². The molecule has 6 nitrogen and oxygen atoms in total. The van der Waals surface area contributed by atoms with Gasteiger partial charge in [0, 0.05) is 6.08 Å². The number of rotatable bonds is 4. The van der Waals surface area contributed by atoms with Crippen LogP contribution in [0.25, 0.3) is 0 Å². The summed E-state index contributed by atoms with van der Waals surface area (Å²) >= 11 is 0. The molecule has 0 radical (unpaired) electrons. The Morgan fingerprint density at radius 1 is 1.36 bits per heavy atom. The van der Waals surface area contributed by atoms with Crippen LogP contribution >= 0.6 is 0 Å². The van der Waals surface area contributed by atoms with Crippen molar-refractivity contribution in [1.82, 2.24) is 4.90 Å². The molecule has 126 valence electrons. The second-order valence-electron chi connectivity index (χ2n) is 6.65. The highest BCUT2D eigenvalue weighted by Gasteiger charge is 2.45. The van der Waals surface area contributed by atoms with Gasteiger partial charge in [0.2, 0.25) is 0 Å². The second kappa shape index (κ2) is 7.13. The molecule has 1 amide bonds. The van der Waals surface area contributed by atoms with Crippen molar-refractivity contribution in [2.24, 2.45) is 0 Å². The molecular formula is C16H27NO5. The summed E-state index contributed by atoms with van der Waals surface area (Å²) in [6.45, 7) is 11.6. The molecule has 1 saturated heterocycles. The standard InChI is InChI=1S/C16H27NO5/c1-7-20-13(18)10-8-9-12-11-21-16(5,6)17(12)14(19)22-15(2,3)4/h8,10,12H,7,9,11H2,1-6H3/b10-8+/t12-/m1/s1. The van der Waals surface area contributed by atoms with Gasteiger partial charge in [-0.2, -0.15) is 0 Å². The first-order valence-electron chi connectivity index (χ1n) is 7.56. The fourth-order valence-electron chi connectivity index (χ4n) is 2.25. The van der Waals surface area contributed by atoms with E-state index in [1.807, 2.05) is 34.6 Å². The van der Waals surface area contributed by atoms with E-state index in [0.717, 1.165) is 0 Å². The van der Waals surface area contributed by atoms with Crippen molar-refractivity contribution in [2.45, 2.75) is 65.3 Å². The molecule has 6 heteroatoms. The number of amides is 1. The van der Waals surface area contributed by atoms with Crippen LogP contribution in [-0.4, -0.2) is 47.5 Å². The topological polar surface area (TPSA) is 65.1 Å². The molecule has 0 aromatic carbocycles. The van der Waals surface area contributed by atoms with Crippen LogP contribution < -0.4 is 0 Å². The van der Waals surface area contributed by atoms with Crippen molar-refractivity contribution in [3.05, 3.63) is 12.2 Å².